The second-order valence-corrected chi connectivity index (χ2v) is 9.61. The van der Waals surface area contributed by atoms with Crippen molar-refractivity contribution in [3.05, 3.63) is 112 Å². The molecule has 2 aliphatic rings. The van der Waals surface area contributed by atoms with Crippen LogP contribution in [0.25, 0.3) is 22.2 Å². The third-order valence-electron chi connectivity index (χ3n) is 6.86. The number of nitrogens with zero attached hydrogens (tertiary/aromatic N) is 4. The number of ether oxygens (including phenoxy) is 4. The number of rotatable bonds is 9. The van der Waals surface area contributed by atoms with E-state index in [1.165, 1.54) is 0 Å². The van der Waals surface area contributed by atoms with Gasteiger partial charge in [-0.25, -0.2) is 9.59 Å². The maximum absolute atomic E-state index is 13.3. The van der Waals surface area contributed by atoms with E-state index in [-0.39, 0.29) is 69.8 Å². The maximum atomic E-state index is 13.3. The SMILES string of the molecule is C=C1OC(C)=C(COC(=O)c2cccc3nc(OCC)n(Cc4ccc(C5=CCCC=C5c5noc(=O)[n-]5)cc4)c23)O1.[K+]. The van der Waals surface area contributed by atoms with Gasteiger partial charge in [-0.1, -0.05) is 42.5 Å². The van der Waals surface area contributed by atoms with Crippen LogP contribution in [0.4, 0.5) is 0 Å². The first-order valence-electron chi connectivity index (χ1n) is 13.5. The minimum atomic E-state index is -0.717. The van der Waals surface area contributed by atoms with Crippen LogP contribution in [-0.4, -0.2) is 33.9 Å². The van der Waals surface area contributed by atoms with Crippen molar-refractivity contribution in [3.8, 4) is 6.01 Å². The monoisotopic (exact) mass is 606 g/mol. The van der Waals surface area contributed by atoms with Gasteiger partial charge in [-0.15, -0.1) is 0 Å². The van der Waals surface area contributed by atoms with E-state index >= 15 is 0 Å². The van der Waals surface area contributed by atoms with E-state index in [0.29, 0.717) is 47.3 Å². The molecule has 1 aliphatic heterocycles. The fourth-order valence-electron chi connectivity index (χ4n) is 4.96. The third kappa shape index (κ3) is 6.48. The van der Waals surface area contributed by atoms with Crippen LogP contribution in [0.5, 0.6) is 6.01 Å². The molecular weight excluding hydrogens is 579 g/mol. The third-order valence-corrected chi connectivity index (χ3v) is 6.86. The van der Waals surface area contributed by atoms with Gasteiger partial charge in [0.2, 0.25) is 0 Å². The summed E-state index contributed by atoms with van der Waals surface area (Å²) in [4.78, 5) is 33.2. The number of hydrogen-bond acceptors (Lipinski definition) is 9. The van der Waals surface area contributed by atoms with E-state index in [0.717, 1.165) is 35.1 Å². The number of fused-ring (bicyclic) bond motifs is 1. The van der Waals surface area contributed by atoms with E-state index in [1.807, 2.05) is 47.9 Å². The number of benzene rings is 2. The Balaban J connectivity index is 0.00000368. The first kappa shape index (κ1) is 30.8. The fraction of sp³-hybridized carbons (Fsp3) is 0.226. The molecule has 2 aromatic heterocycles. The molecule has 0 radical (unpaired) electrons. The smallest absolute Gasteiger partial charge is 0.465 e. The molecule has 0 amide bonds. The summed E-state index contributed by atoms with van der Waals surface area (Å²) in [5.74, 6) is 0.0627. The molecule has 0 N–H and O–H groups in total. The molecule has 0 bridgehead atoms. The second-order valence-electron chi connectivity index (χ2n) is 9.61. The van der Waals surface area contributed by atoms with Crippen LogP contribution >= 0.6 is 0 Å². The average Bonchev–Trinajstić information content (AvgIpc) is 3.68. The molecule has 3 heterocycles. The number of imidazole rings is 1. The molecule has 1 aliphatic carbocycles. The van der Waals surface area contributed by atoms with Gasteiger partial charge in [0.05, 0.1) is 29.7 Å². The summed E-state index contributed by atoms with van der Waals surface area (Å²) in [6.07, 6.45) is 5.81. The predicted octanol–water partition coefficient (Wildman–Crippen LogP) is 1.96. The molecule has 4 aromatic rings. The fourth-order valence-corrected chi connectivity index (χ4v) is 4.96. The van der Waals surface area contributed by atoms with Gasteiger partial charge in [-0.3, -0.25) is 9.72 Å². The molecule has 0 spiro atoms. The molecule has 0 atom stereocenters. The van der Waals surface area contributed by atoms with Crippen LogP contribution < -0.4 is 66.9 Å². The molecule has 12 heteroatoms. The Morgan fingerprint density at radius 2 is 1.86 bits per heavy atom. The average molecular weight is 607 g/mol. The van der Waals surface area contributed by atoms with E-state index in [2.05, 4.69) is 32.3 Å². The van der Waals surface area contributed by atoms with Crippen LogP contribution in [0.15, 0.2) is 88.0 Å². The van der Waals surface area contributed by atoms with Crippen LogP contribution in [0.2, 0.25) is 0 Å². The number of para-hydroxylation sites is 1. The number of esters is 1. The Hall–Kier alpha value is -3.68. The van der Waals surface area contributed by atoms with Crippen LogP contribution in [-0.2, 0) is 20.8 Å². The molecule has 0 saturated carbocycles. The Morgan fingerprint density at radius 3 is 2.53 bits per heavy atom. The molecule has 0 saturated heterocycles. The summed E-state index contributed by atoms with van der Waals surface area (Å²) in [6, 6.07) is 13.7. The van der Waals surface area contributed by atoms with Gasteiger partial charge in [0.15, 0.2) is 12.4 Å². The number of hydrogen-bond donors (Lipinski definition) is 0. The topological polar surface area (TPSA) is 129 Å². The number of carbonyl (C=O) groups excluding carboxylic acids is 1. The normalized spacial score (nSPS) is 14.5. The van der Waals surface area contributed by atoms with Crippen molar-refractivity contribution >= 4 is 28.1 Å². The summed E-state index contributed by atoms with van der Waals surface area (Å²) in [5, 5.41) is 3.81. The summed E-state index contributed by atoms with van der Waals surface area (Å²) in [6.45, 7) is 7.92. The van der Waals surface area contributed by atoms with Crippen molar-refractivity contribution < 1.29 is 79.6 Å². The van der Waals surface area contributed by atoms with Gasteiger partial charge in [0.1, 0.15) is 5.76 Å². The quantitative estimate of drug-likeness (QED) is 0.206. The minimum absolute atomic E-state index is 0. The number of allylic oxidation sites excluding steroid dienone is 5. The van der Waals surface area contributed by atoms with Gasteiger partial charge in [0.25, 0.3) is 12.0 Å². The first-order chi connectivity index (χ1) is 20.4. The maximum Gasteiger partial charge on any atom is 1.00 e. The molecule has 214 valence electrons. The molecule has 11 nitrogen and oxygen atoms in total. The minimum Gasteiger partial charge on any atom is -0.465 e. The van der Waals surface area contributed by atoms with Gasteiger partial charge < -0.3 is 28.5 Å². The molecule has 6 rings (SSSR count). The molecule has 43 heavy (non-hydrogen) atoms. The van der Waals surface area contributed by atoms with E-state index < -0.39 is 11.7 Å². The molecular formula is C31H27KN4O7. The van der Waals surface area contributed by atoms with Crippen molar-refractivity contribution in [2.75, 3.05) is 13.2 Å². The Morgan fingerprint density at radius 1 is 1.09 bits per heavy atom. The van der Waals surface area contributed by atoms with Crippen LogP contribution in [0.3, 0.4) is 0 Å². The summed E-state index contributed by atoms with van der Waals surface area (Å²) in [5.41, 5.74) is 5.17. The second kappa shape index (κ2) is 13.3. The zero-order valence-corrected chi connectivity index (χ0v) is 27.2. The molecule has 0 fully saturated rings. The van der Waals surface area contributed by atoms with Gasteiger partial charge in [-0.2, -0.15) is 4.98 Å². The molecule has 0 unspecified atom stereocenters. The molecule has 2 aromatic carbocycles. The Kier molecular flexibility index (Phi) is 9.52. The Bertz CT molecular complexity index is 1840. The van der Waals surface area contributed by atoms with E-state index in [4.69, 9.17) is 18.9 Å². The summed E-state index contributed by atoms with van der Waals surface area (Å²) in [7, 11) is 0. The number of aromatic nitrogens is 4. The number of carbonyl (C=O) groups is 1. The van der Waals surface area contributed by atoms with E-state index in [9.17, 15) is 9.59 Å². The van der Waals surface area contributed by atoms with Crippen LogP contribution in [0.1, 0.15) is 54.0 Å². The van der Waals surface area contributed by atoms with Crippen molar-refractivity contribution in [1.29, 1.82) is 0 Å². The first-order valence-corrected chi connectivity index (χ1v) is 13.5. The van der Waals surface area contributed by atoms with Gasteiger partial charge in [-0.05, 0) is 73.5 Å². The van der Waals surface area contributed by atoms with Crippen molar-refractivity contribution in [1.82, 2.24) is 19.7 Å². The summed E-state index contributed by atoms with van der Waals surface area (Å²) < 4.78 is 28.6. The van der Waals surface area contributed by atoms with Gasteiger partial charge in [0, 0.05) is 0 Å². The van der Waals surface area contributed by atoms with Crippen molar-refractivity contribution in [2.45, 2.75) is 33.2 Å². The predicted molar refractivity (Wildman–Crippen MR) is 152 cm³/mol. The van der Waals surface area contributed by atoms with Crippen molar-refractivity contribution in [2.24, 2.45) is 0 Å². The Labute approximate surface area is 289 Å². The summed E-state index contributed by atoms with van der Waals surface area (Å²) >= 11 is 0. The standard InChI is InChI=1S/C31H28N4O7.K/c1-4-38-30-32-25-11-7-10-24(29(36)39-17-26-18(2)40-19(3)41-26)27(25)35(30)16-20-12-14-21(15-13-20)22-8-5-6-9-23(22)28-33-31(37)42-34-28;/h7-15H,3-6,16-17H2,1-2H3,(H,33,34,37);/q;+1/p-1. The van der Waals surface area contributed by atoms with Crippen molar-refractivity contribution in [3.63, 3.8) is 0 Å². The largest absolute Gasteiger partial charge is 1.00 e. The van der Waals surface area contributed by atoms with E-state index in [1.54, 1.807) is 19.1 Å². The zero-order chi connectivity index (χ0) is 29.2. The zero-order valence-electron chi connectivity index (χ0n) is 24.1. The van der Waals surface area contributed by atoms with Gasteiger partial charge >= 0.3 is 63.1 Å². The van der Waals surface area contributed by atoms with Crippen LogP contribution in [0, 0.1) is 0 Å².